The number of benzene rings is 1. The predicted octanol–water partition coefficient (Wildman–Crippen LogP) is 4.81. The van der Waals surface area contributed by atoms with Crippen LogP contribution in [0.3, 0.4) is 0 Å². The molecule has 4 heteroatoms. The number of aliphatic hydroxyl groups excluding tert-OH is 1. The number of aliphatic hydroxyl groups is 1. The summed E-state index contributed by atoms with van der Waals surface area (Å²) in [5, 5.41) is 10.4. The normalized spacial score (nSPS) is 29.2. The molecule has 1 saturated carbocycles. The van der Waals surface area contributed by atoms with Gasteiger partial charge in [-0.1, -0.05) is 32.4 Å². The smallest absolute Gasteiger partial charge is 0.388 e. The fourth-order valence-electron chi connectivity index (χ4n) is 3.02. The van der Waals surface area contributed by atoms with Crippen molar-refractivity contribution in [3.05, 3.63) is 35.4 Å². The third-order valence-electron chi connectivity index (χ3n) is 4.66. The van der Waals surface area contributed by atoms with Crippen molar-refractivity contribution in [2.24, 2.45) is 17.8 Å². The molecule has 20 heavy (non-hydrogen) atoms. The van der Waals surface area contributed by atoms with Crippen LogP contribution in [0, 0.1) is 17.8 Å². The molecule has 1 N–H and O–H groups in total. The highest BCUT2D eigenvalue weighted by Crippen LogP contribution is 2.40. The van der Waals surface area contributed by atoms with Gasteiger partial charge in [0.05, 0.1) is 11.7 Å². The van der Waals surface area contributed by atoms with Gasteiger partial charge < -0.3 is 5.11 Å². The Bertz CT molecular complexity index is 438. The summed E-state index contributed by atoms with van der Waals surface area (Å²) >= 11 is 0. The molecule has 0 aliphatic heterocycles. The Labute approximate surface area is 117 Å². The van der Waals surface area contributed by atoms with Crippen molar-refractivity contribution < 1.29 is 18.3 Å². The number of halogens is 3. The van der Waals surface area contributed by atoms with Gasteiger partial charge in [-0.25, -0.2) is 0 Å². The minimum Gasteiger partial charge on any atom is -0.388 e. The molecule has 1 nitrogen and oxygen atoms in total. The van der Waals surface area contributed by atoms with Crippen LogP contribution >= 0.6 is 0 Å². The monoisotopic (exact) mass is 286 g/mol. The quantitative estimate of drug-likeness (QED) is 0.827. The lowest BCUT2D eigenvalue weighted by Crippen LogP contribution is -2.25. The third-order valence-corrected chi connectivity index (χ3v) is 4.66. The van der Waals surface area contributed by atoms with E-state index in [1.54, 1.807) is 0 Å². The summed E-state index contributed by atoms with van der Waals surface area (Å²) in [5.41, 5.74) is -0.0798. The Morgan fingerprint density at radius 2 is 1.65 bits per heavy atom. The fraction of sp³-hybridized carbons (Fsp3) is 0.625. The molecule has 4 unspecified atom stereocenters. The second kappa shape index (κ2) is 5.76. The summed E-state index contributed by atoms with van der Waals surface area (Å²) in [4.78, 5) is 0. The second-order valence-electron chi connectivity index (χ2n) is 6.09. The maximum Gasteiger partial charge on any atom is 0.416 e. The molecule has 1 aromatic rings. The van der Waals surface area contributed by atoms with Crippen molar-refractivity contribution in [1.29, 1.82) is 0 Å². The maximum absolute atomic E-state index is 12.5. The molecule has 112 valence electrons. The van der Waals surface area contributed by atoms with E-state index in [-0.39, 0.29) is 5.92 Å². The van der Waals surface area contributed by atoms with Gasteiger partial charge in [-0.05, 0) is 48.3 Å². The number of alkyl halides is 3. The van der Waals surface area contributed by atoms with Crippen LogP contribution in [0.1, 0.15) is 50.3 Å². The highest BCUT2D eigenvalue weighted by atomic mass is 19.4. The van der Waals surface area contributed by atoms with Crippen LogP contribution in [0.5, 0.6) is 0 Å². The van der Waals surface area contributed by atoms with Gasteiger partial charge in [0.15, 0.2) is 0 Å². The maximum atomic E-state index is 12.5. The molecule has 0 radical (unpaired) electrons. The summed E-state index contributed by atoms with van der Waals surface area (Å²) < 4.78 is 37.5. The summed E-state index contributed by atoms with van der Waals surface area (Å²) in [6.45, 7) is 4.39. The van der Waals surface area contributed by atoms with Gasteiger partial charge in [-0.3, -0.25) is 0 Å². The highest BCUT2D eigenvalue weighted by Gasteiger charge is 2.32. The standard InChI is InChI=1S/C16H21F3O/c1-10-3-4-13(9-11(10)2)15(20)12-5-7-14(8-6-12)16(17,18)19/h5-8,10-11,13,15,20H,3-4,9H2,1-2H3. The zero-order valence-corrected chi connectivity index (χ0v) is 11.8. The SMILES string of the molecule is CC1CCC(C(O)c2ccc(C(F)(F)F)cc2)CC1C. The van der Waals surface area contributed by atoms with Crippen molar-refractivity contribution >= 4 is 0 Å². The largest absolute Gasteiger partial charge is 0.416 e. The summed E-state index contributed by atoms with van der Waals surface area (Å²) in [6.07, 6.45) is -2.04. The number of hydrogen-bond donors (Lipinski definition) is 1. The molecular formula is C16H21F3O. The van der Waals surface area contributed by atoms with Crippen molar-refractivity contribution in [3.8, 4) is 0 Å². The molecule has 1 aromatic carbocycles. The van der Waals surface area contributed by atoms with Crippen LogP contribution in [0.25, 0.3) is 0 Å². The molecule has 0 bridgehead atoms. The van der Waals surface area contributed by atoms with Gasteiger partial charge in [0.1, 0.15) is 0 Å². The number of rotatable bonds is 2. The Hall–Kier alpha value is -1.03. The van der Waals surface area contributed by atoms with Crippen molar-refractivity contribution in [2.45, 2.75) is 45.4 Å². The van der Waals surface area contributed by atoms with E-state index in [1.165, 1.54) is 12.1 Å². The predicted molar refractivity (Wildman–Crippen MR) is 72.1 cm³/mol. The topological polar surface area (TPSA) is 20.2 Å². The average molecular weight is 286 g/mol. The number of hydrogen-bond acceptors (Lipinski definition) is 1. The Kier molecular flexibility index (Phi) is 4.43. The van der Waals surface area contributed by atoms with Crippen molar-refractivity contribution in [1.82, 2.24) is 0 Å². The van der Waals surface area contributed by atoms with Gasteiger partial charge in [0.25, 0.3) is 0 Å². The molecule has 1 aliphatic carbocycles. The van der Waals surface area contributed by atoms with Gasteiger partial charge in [0.2, 0.25) is 0 Å². The third kappa shape index (κ3) is 3.35. The van der Waals surface area contributed by atoms with E-state index >= 15 is 0 Å². The zero-order valence-electron chi connectivity index (χ0n) is 11.8. The zero-order chi connectivity index (χ0) is 14.9. The fourth-order valence-corrected chi connectivity index (χ4v) is 3.02. The van der Waals surface area contributed by atoms with Crippen LogP contribution in [0.4, 0.5) is 13.2 Å². The van der Waals surface area contributed by atoms with Gasteiger partial charge in [-0.2, -0.15) is 13.2 Å². The molecule has 0 heterocycles. The van der Waals surface area contributed by atoms with Crippen LogP contribution in [-0.2, 0) is 6.18 Å². The van der Waals surface area contributed by atoms with E-state index in [0.717, 1.165) is 31.4 Å². The van der Waals surface area contributed by atoms with Gasteiger partial charge in [-0.15, -0.1) is 0 Å². The Morgan fingerprint density at radius 1 is 1.05 bits per heavy atom. The van der Waals surface area contributed by atoms with E-state index in [4.69, 9.17) is 0 Å². The van der Waals surface area contributed by atoms with Crippen LogP contribution in [0.15, 0.2) is 24.3 Å². The summed E-state index contributed by atoms with van der Waals surface area (Å²) in [6, 6.07) is 4.90. The lowest BCUT2D eigenvalue weighted by molar-refractivity contribution is -0.137. The highest BCUT2D eigenvalue weighted by molar-refractivity contribution is 5.26. The molecule has 1 aliphatic rings. The summed E-state index contributed by atoms with van der Waals surface area (Å²) in [7, 11) is 0. The van der Waals surface area contributed by atoms with Crippen molar-refractivity contribution in [2.75, 3.05) is 0 Å². The van der Waals surface area contributed by atoms with Crippen molar-refractivity contribution in [3.63, 3.8) is 0 Å². The average Bonchev–Trinajstić information content (AvgIpc) is 2.40. The van der Waals surface area contributed by atoms with Crippen LogP contribution in [-0.4, -0.2) is 5.11 Å². The Morgan fingerprint density at radius 3 is 2.15 bits per heavy atom. The first kappa shape index (κ1) is 15.4. The van der Waals surface area contributed by atoms with Crippen LogP contribution in [0.2, 0.25) is 0 Å². The molecule has 4 atom stereocenters. The van der Waals surface area contributed by atoms with Gasteiger partial charge >= 0.3 is 6.18 Å². The van der Waals surface area contributed by atoms with E-state index in [9.17, 15) is 18.3 Å². The van der Waals surface area contributed by atoms with Crippen LogP contribution < -0.4 is 0 Å². The van der Waals surface area contributed by atoms with E-state index in [0.29, 0.717) is 17.4 Å². The van der Waals surface area contributed by atoms with E-state index in [2.05, 4.69) is 13.8 Å². The molecule has 0 aromatic heterocycles. The first-order valence-electron chi connectivity index (χ1n) is 7.14. The first-order chi connectivity index (χ1) is 9.29. The first-order valence-corrected chi connectivity index (χ1v) is 7.14. The molecular weight excluding hydrogens is 265 g/mol. The molecule has 0 saturated heterocycles. The molecule has 1 fully saturated rings. The summed E-state index contributed by atoms with van der Waals surface area (Å²) in [5.74, 6) is 1.36. The molecule has 0 amide bonds. The van der Waals surface area contributed by atoms with E-state index in [1.807, 2.05) is 0 Å². The minimum atomic E-state index is -4.32. The minimum absolute atomic E-state index is 0.151. The lowest BCUT2D eigenvalue weighted by atomic mass is 9.73. The molecule has 0 spiro atoms. The molecule has 2 rings (SSSR count). The van der Waals surface area contributed by atoms with Gasteiger partial charge in [0, 0.05) is 0 Å². The Balaban J connectivity index is 2.08. The van der Waals surface area contributed by atoms with E-state index < -0.39 is 17.8 Å². The second-order valence-corrected chi connectivity index (χ2v) is 6.09. The lowest BCUT2D eigenvalue weighted by Gasteiger charge is -2.34.